The Bertz CT molecular complexity index is 1190. The number of nitrogens with one attached hydrogen (secondary N) is 1. The molecule has 1 aromatic carbocycles. The quantitative estimate of drug-likeness (QED) is 0.266. The Labute approximate surface area is 171 Å². The fourth-order valence-corrected chi connectivity index (χ4v) is 6.24. The Morgan fingerprint density at radius 3 is 2.96 bits per heavy atom. The summed E-state index contributed by atoms with van der Waals surface area (Å²) in [5.41, 5.74) is 3.19. The minimum Gasteiger partial charge on any atom is -0.360 e. The average Bonchev–Trinajstić information content (AvgIpc) is 3.33. The summed E-state index contributed by atoms with van der Waals surface area (Å²) in [6.45, 7) is 2.08. The maximum atomic E-state index is 12.9. The number of nitrogens with zero attached hydrogens (tertiary/aromatic N) is 2. The second kappa shape index (κ2) is 7.33. The maximum Gasteiger partial charge on any atom is 0.175 e. The molecular weight excluding hydrogens is 386 g/mol. The van der Waals surface area contributed by atoms with Crippen LogP contribution in [0.2, 0.25) is 0 Å². The number of aryl methyl sites for hydroxylation is 3. The topological polar surface area (TPSA) is 58.6 Å². The molecule has 4 nitrogen and oxygen atoms in total. The van der Waals surface area contributed by atoms with Crippen molar-refractivity contribution in [2.24, 2.45) is 0 Å². The molecular formula is C22H21N3OS2. The Morgan fingerprint density at radius 1 is 1.21 bits per heavy atom. The van der Waals surface area contributed by atoms with E-state index in [1.807, 2.05) is 41.8 Å². The van der Waals surface area contributed by atoms with E-state index in [0.717, 1.165) is 51.4 Å². The number of rotatable bonds is 5. The number of para-hydroxylation sites is 1. The normalized spacial score (nSPS) is 13.9. The summed E-state index contributed by atoms with van der Waals surface area (Å²) in [4.78, 5) is 28.3. The molecule has 0 aliphatic heterocycles. The highest BCUT2D eigenvalue weighted by atomic mass is 32.2. The summed E-state index contributed by atoms with van der Waals surface area (Å²) in [5, 5.41) is 3.17. The molecule has 1 aliphatic carbocycles. The van der Waals surface area contributed by atoms with Crippen LogP contribution in [0.25, 0.3) is 21.1 Å². The van der Waals surface area contributed by atoms with Crippen LogP contribution in [-0.4, -0.2) is 26.5 Å². The Kier molecular flexibility index (Phi) is 4.69. The highest BCUT2D eigenvalue weighted by Crippen LogP contribution is 2.40. The van der Waals surface area contributed by atoms with E-state index in [0.29, 0.717) is 5.75 Å². The SMILES string of the molecule is CCc1nc(SCC(=O)c2c[nH]c3ccccc23)c2c3c(sc2n1)CCCC3. The summed E-state index contributed by atoms with van der Waals surface area (Å²) in [5.74, 6) is 1.39. The first-order valence-electron chi connectivity index (χ1n) is 9.78. The van der Waals surface area contributed by atoms with Gasteiger partial charge in [0.2, 0.25) is 0 Å². The lowest BCUT2D eigenvalue weighted by atomic mass is 9.97. The molecule has 0 radical (unpaired) electrons. The van der Waals surface area contributed by atoms with Crippen LogP contribution in [0.3, 0.4) is 0 Å². The number of carbonyl (C=O) groups is 1. The summed E-state index contributed by atoms with van der Waals surface area (Å²) >= 11 is 3.39. The van der Waals surface area contributed by atoms with Gasteiger partial charge in [-0.15, -0.1) is 11.3 Å². The highest BCUT2D eigenvalue weighted by Gasteiger charge is 2.22. The van der Waals surface area contributed by atoms with Crippen molar-refractivity contribution < 1.29 is 4.79 Å². The van der Waals surface area contributed by atoms with Gasteiger partial charge in [0.25, 0.3) is 0 Å². The van der Waals surface area contributed by atoms with Crippen LogP contribution in [0.5, 0.6) is 0 Å². The third-order valence-electron chi connectivity index (χ3n) is 5.37. The number of fused-ring (bicyclic) bond motifs is 4. The number of hydrogen-bond acceptors (Lipinski definition) is 5. The van der Waals surface area contributed by atoms with Crippen LogP contribution in [0.15, 0.2) is 35.5 Å². The minimum absolute atomic E-state index is 0.136. The fraction of sp³-hybridized carbons (Fsp3) is 0.318. The van der Waals surface area contributed by atoms with Crippen molar-refractivity contribution >= 4 is 50.0 Å². The van der Waals surface area contributed by atoms with Gasteiger partial charge in [0, 0.05) is 39.3 Å². The standard InChI is InChI=1S/C22H21N3OS2/c1-2-19-24-21(20-14-8-4-6-10-18(14)28-22(20)25-19)27-12-17(26)15-11-23-16-9-5-3-7-13(15)16/h3,5,7,9,11,23H,2,4,6,8,10,12H2,1H3. The molecule has 4 aromatic rings. The zero-order chi connectivity index (χ0) is 19.1. The van der Waals surface area contributed by atoms with Crippen LogP contribution < -0.4 is 0 Å². The van der Waals surface area contributed by atoms with Crippen molar-refractivity contribution in [3.63, 3.8) is 0 Å². The van der Waals surface area contributed by atoms with Crippen LogP contribution in [0.4, 0.5) is 0 Å². The van der Waals surface area contributed by atoms with Gasteiger partial charge in [0.1, 0.15) is 15.7 Å². The number of aromatic nitrogens is 3. The number of benzene rings is 1. The molecule has 0 atom stereocenters. The largest absolute Gasteiger partial charge is 0.360 e. The van der Waals surface area contributed by atoms with Crippen molar-refractivity contribution in [2.75, 3.05) is 5.75 Å². The van der Waals surface area contributed by atoms with Crippen LogP contribution in [0, 0.1) is 0 Å². The number of thioether (sulfide) groups is 1. The minimum atomic E-state index is 0.136. The summed E-state index contributed by atoms with van der Waals surface area (Å²) in [6.07, 6.45) is 7.38. The summed E-state index contributed by atoms with van der Waals surface area (Å²) in [6, 6.07) is 7.94. The number of H-pyrrole nitrogens is 1. The molecule has 0 amide bonds. The Morgan fingerprint density at radius 2 is 2.07 bits per heavy atom. The van der Waals surface area contributed by atoms with Gasteiger partial charge in [-0.05, 0) is 37.3 Å². The second-order valence-electron chi connectivity index (χ2n) is 7.15. The zero-order valence-corrected chi connectivity index (χ0v) is 17.4. The number of thiophene rings is 1. The van der Waals surface area contributed by atoms with E-state index in [4.69, 9.17) is 9.97 Å². The van der Waals surface area contributed by atoms with Gasteiger partial charge in [0.05, 0.1) is 5.75 Å². The molecule has 0 saturated heterocycles. The van der Waals surface area contributed by atoms with Crippen molar-refractivity contribution in [3.8, 4) is 0 Å². The first-order valence-corrected chi connectivity index (χ1v) is 11.6. The van der Waals surface area contributed by atoms with E-state index in [9.17, 15) is 4.79 Å². The summed E-state index contributed by atoms with van der Waals surface area (Å²) in [7, 11) is 0. The zero-order valence-electron chi connectivity index (χ0n) is 15.7. The van der Waals surface area contributed by atoms with Crippen molar-refractivity contribution in [3.05, 3.63) is 52.3 Å². The van der Waals surface area contributed by atoms with Gasteiger partial charge < -0.3 is 4.98 Å². The first kappa shape index (κ1) is 17.9. The highest BCUT2D eigenvalue weighted by molar-refractivity contribution is 8.00. The molecule has 5 rings (SSSR count). The summed E-state index contributed by atoms with van der Waals surface area (Å²) < 4.78 is 0. The van der Waals surface area contributed by atoms with E-state index in [-0.39, 0.29) is 5.78 Å². The molecule has 1 aliphatic rings. The molecule has 1 N–H and O–H groups in total. The van der Waals surface area contributed by atoms with Crippen molar-refractivity contribution in [1.29, 1.82) is 0 Å². The molecule has 0 unspecified atom stereocenters. The monoisotopic (exact) mass is 407 g/mol. The van der Waals surface area contributed by atoms with E-state index in [1.165, 1.54) is 28.7 Å². The molecule has 6 heteroatoms. The lowest BCUT2D eigenvalue weighted by Gasteiger charge is -2.12. The molecule has 142 valence electrons. The maximum absolute atomic E-state index is 12.9. The van der Waals surface area contributed by atoms with Crippen molar-refractivity contribution in [1.82, 2.24) is 15.0 Å². The Balaban J connectivity index is 1.49. The second-order valence-corrected chi connectivity index (χ2v) is 9.20. The third kappa shape index (κ3) is 3.05. The fourth-order valence-electron chi connectivity index (χ4n) is 3.94. The average molecular weight is 408 g/mol. The third-order valence-corrected chi connectivity index (χ3v) is 7.53. The van der Waals surface area contributed by atoms with Gasteiger partial charge in [-0.3, -0.25) is 4.79 Å². The lowest BCUT2D eigenvalue weighted by molar-refractivity contribution is 0.102. The predicted octanol–water partition coefficient (Wildman–Crippen LogP) is 5.59. The predicted molar refractivity (Wildman–Crippen MR) is 117 cm³/mol. The molecule has 3 aromatic heterocycles. The molecule has 0 bridgehead atoms. The number of Topliss-reactive ketones (excluding diaryl/α,β-unsaturated/α-hetero) is 1. The van der Waals surface area contributed by atoms with Gasteiger partial charge in [0.15, 0.2) is 5.78 Å². The van der Waals surface area contributed by atoms with E-state index >= 15 is 0 Å². The van der Waals surface area contributed by atoms with E-state index < -0.39 is 0 Å². The number of hydrogen-bond donors (Lipinski definition) is 1. The van der Waals surface area contributed by atoms with Gasteiger partial charge in [-0.25, -0.2) is 9.97 Å². The molecule has 3 heterocycles. The lowest BCUT2D eigenvalue weighted by Crippen LogP contribution is -2.04. The van der Waals surface area contributed by atoms with Crippen LogP contribution >= 0.6 is 23.1 Å². The molecule has 28 heavy (non-hydrogen) atoms. The smallest absolute Gasteiger partial charge is 0.175 e. The number of carbonyl (C=O) groups excluding carboxylic acids is 1. The van der Waals surface area contributed by atoms with Gasteiger partial charge >= 0.3 is 0 Å². The van der Waals surface area contributed by atoms with Crippen LogP contribution in [-0.2, 0) is 19.3 Å². The van der Waals surface area contributed by atoms with Crippen LogP contribution in [0.1, 0.15) is 46.4 Å². The molecule has 0 spiro atoms. The van der Waals surface area contributed by atoms with E-state index in [1.54, 1.807) is 11.8 Å². The first-order chi connectivity index (χ1) is 13.7. The molecule has 0 fully saturated rings. The Hall–Kier alpha value is -2.18. The van der Waals surface area contributed by atoms with Crippen molar-refractivity contribution in [2.45, 2.75) is 44.1 Å². The van der Waals surface area contributed by atoms with E-state index in [2.05, 4.69) is 11.9 Å². The van der Waals surface area contributed by atoms with Gasteiger partial charge in [-0.1, -0.05) is 36.9 Å². The molecule has 0 saturated carbocycles. The number of aromatic amines is 1. The number of ketones is 1. The van der Waals surface area contributed by atoms with Gasteiger partial charge in [-0.2, -0.15) is 0 Å².